The molecule has 0 aromatic heterocycles. The lowest BCUT2D eigenvalue weighted by Gasteiger charge is -2.30. The molecule has 0 amide bonds. The summed E-state index contributed by atoms with van der Waals surface area (Å²) in [5.41, 5.74) is 2.80. The fourth-order valence-electron chi connectivity index (χ4n) is 2.35. The average Bonchev–Trinajstić information content (AvgIpc) is 2.30. The van der Waals surface area contributed by atoms with Gasteiger partial charge in [-0.2, -0.15) is 0 Å². The van der Waals surface area contributed by atoms with Gasteiger partial charge in [-0.3, -0.25) is 4.90 Å². The first-order valence-electron chi connectivity index (χ1n) is 6.02. The summed E-state index contributed by atoms with van der Waals surface area (Å²) < 4.78 is 1.18. The SMILES string of the molecule is CNCC(O)CN1CCc2cccc(Br)c2C1. The summed E-state index contributed by atoms with van der Waals surface area (Å²) in [5, 5.41) is 12.8. The Hall–Kier alpha value is -0.420. The van der Waals surface area contributed by atoms with Crippen molar-refractivity contribution in [1.29, 1.82) is 0 Å². The van der Waals surface area contributed by atoms with Crippen molar-refractivity contribution in [1.82, 2.24) is 10.2 Å². The molecular formula is C13H19BrN2O. The Morgan fingerprint density at radius 1 is 1.53 bits per heavy atom. The van der Waals surface area contributed by atoms with Gasteiger partial charge in [0, 0.05) is 30.7 Å². The topological polar surface area (TPSA) is 35.5 Å². The Kier molecular flexibility index (Phi) is 4.56. The van der Waals surface area contributed by atoms with E-state index in [1.54, 1.807) is 0 Å². The highest BCUT2D eigenvalue weighted by Gasteiger charge is 2.19. The van der Waals surface area contributed by atoms with Crippen LogP contribution in [0.3, 0.4) is 0 Å². The molecule has 0 spiro atoms. The number of aliphatic hydroxyl groups excluding tert-OH is 1. The highest BCUT2D eigenvalue weighted by atomic mass is 79.9. The van der Waals surface area contributed by atoms with Crippen LogP contribution in [0.4, 0.5) is 0 Å². The molecule has 0 bridgehead atoms. The number of halogens is 1. The summed E-state index contributed by atoms with van der Waals surface area (Å²) in [6.45, 7) is 3.35. The van der Waals surface area contributed by atoms with Gasteiger partial charge in [-0.15, -0.1) is 0 Å². The van der Waals surface area contributed by atoms with E-state index >= 15 is 0 Å². The Balaban J connectivity index is 2.00. The Morgan fingerprint density at radius 2 is 2.35 bits per heavy atom. The van der Waals surface area contributed by atoms with Crippen molar-refractivity contribution < 1.29 is 5.11 Å². The van der Waals surface area contributed by atoms with Crippen LogP contribution < -0.4 is 5.32 Å². The van der Waals surface area contributed by atoms with E-state index in [2.05, 4.69) is 44.3 Å². The van der Waals surface area contributed by atoms with E-state index in [9.17, 15) is 5.11 Å². The predicted octanol–water partition coefficient (Wildman–Crippen LogP) is 1.39. The number of β-amino-alcohol motifs (C(OH)–C–C–N with tert-alkyl or cyclic N) is 1. The number of aliphatic hydroxyl groups is 1. The molecule has 1 aromatic carbocycles. The van der Waals surface area contributed by atoms with Crippen molar-refractivity contribution in [3.8, 4) is 0 Å². The minimum absolute atomic E-state index is 0.288. The second kappa shape index (κ2) is 5.96. The largest absolute Gasteiger partial charge is 0.390 e. The zero-order valence-electron chi connectivity index (χ0n) is 10.1. The molecule has 1 aliphatic heterocycles. The molecule has 0 fully saturated rings. The average molecular weight is 299 g/mol. The van der Waals surface area contributed by atoms with E-state index in [4.69, 9.17) is 0 Å². The second-order valence-corrected chi connectivity index (χ2v) is 5.43. The number of hydrogen-bond acceptors (Lipinski definition) is 3. The van der Waals surface area contributed by atoms with Crippen molar-refractivity contribution in [3.05, 3.63) is 33.8 Å². The van der Waals surface area contributed by atoms with E-state index in [0.717, 1.165) is 26.1 Å². The van der Waals surface area contributed by atoms with Crippen LogP contribution in [-0.4, -0.2) is 42.8 Å². The maximum atomic E-state index is 9.80. The molecule has 1 aromatic rings. The predicted molar refractivity (Wildman–Crippen MR) is 73.1 cm³/mol. The van der Waals surface area contributed by atoms with Gasteiger partial charge in [-0.25, -0.2) is 0 Å². The summed E-state index contributed by atoms with van der Waals surface area (Å²) in [7, 11) is 1.87. The van der Waals surface area contributed by atoms with E-state index < -0.39 is 0 Å². The molecule has 1 aliphatic rings. The molecule has 2 rings (SSSR count). The van der Waals surface area contributed by atoms with Gasteiger partial charge in [0.15, 0.2) is 0 Å². The molecule has 1 atom stereocenters. The number of rotatable bonds is 4. The fourth-order valence-corrected chi connectivity index (χ4v) is 2.88. The van der Waals surface area contributed by atoms with Gasteiger partial charge in [0.25, 0.3) is 0 Å². The summed E-state index contributed by atoms with van der Waals surface area (Å²) in [5.74, 6) is 0. The van der Waals surface area contributed by atoms with Gasteiger partial charge < -0.3 is 10.4 Å². The van der Waals surface area contributed by atoms with Crippen LogP contribution in [0.2, 0.25) is 0 Å². The minimum atomic E-state index is -0.288. The molecule has 94 valence electrons. The molecule has 17 heavy (non-hydrogen) atoms. The molecule has 2 N–H and O–H groups in total. The molecular weight excluding hydrogens is 280 g/mol. The molecule has 1 unspecified atom stereocenters. The lowest BCUT2D eigenvalue weighted by molar-refractivity contribution is 0.106. The first-order chi connectivity index (χ1) is 8.20. The zero-order chi connectivity index (χ0) is 12.3. The van der Waals surface area contributed by atoms with Crippen LogP contribution in [0, 0.1) is 0 Å². The van der Waals surface area contributed by atoms with Gasteiger partial charge in [0.05, 0.1) is 6.10 Å². The first-order valence-corrected chi connectivity index (χ1v) is 6.81. The third-order valence-electron chi connectivity index (χ3n) is 3.20. The first kappa shape index (κ1) is 13.0. The molecule has 1 heterocycles. The third kappa shape index (κ3) is 3.28. The molecule has 0 radical (unpaired) electrons. The molecule has 3 nitrogen and oxygen atoms in total. The molecule has 0 saturated heterocycles. The Bertz CT molecular complexity index is 384. The van der Waals surface area contributed by atoms with Gasteiger partial charge in [0.2, 0.25) is 0 Å². The van der Waals surface area contributed by atoms with Crippen LogP contribution >= 0.6 is 15.9 Å². The number of likely N-dealkylation sites (N-methyl/N-ethyl adjacent to an activating group) is 1. The highest BCUT2D eigenvalue weighted by molar-refractivity contribution is 9.10. The summed E-state index contributed by atoms with van der Waals surface area (Å²) in [6.07, 6.45) is 0.783. The van der Waals surface area contributed by atoms with Crippen LogP contribution in [0.1, 0.15) is 11.1 Å². The molecule has 0 aliphatic carbocycles. The van der Waals surface area contributed by atoms with Crippen molar-refractivity contribution in [2.45, 2.75) is 19.1 Å². The molecule has 4 heteroatoms. The lowest BCUT2D eigenvalue weighted by Crippen LogP contribution is -2.40. The van der Waals surface area contributed by atoms with E-state index in [1.807, 2.05) is 7.05 Å². The maximum absolute atomic E-state index is 9.80. The third-order valence-corrected chi connectivity index (χ3v) is 3.95. The van der Waals surface area contributed by atoms with Crippen molar-refractivity contribution in [3.63, 3.8) is 0 Å². The monoisotopic (exact) mass is 298 g/mol. The summed E-state index contributed by atoms with van der Waals surface area (Å²) in [6, 6.07) is 6.38. The number of hydrogen-bond donors (Lipinski definition) is 2. The summed E-state index contributed by atoms with van der Waals surface area (Å²) in [4.78, 5) is 2.31. The smallest absolute Gasteiger partial charge is 0.0791 e. The fraction of sp³-hybridized carbons (Fsp3) is 0.538. The quantitative estimate of drug-likeness (QED) is 0.882. The summed E-state index contributed by atoms with van der Waals surface area (Å²) >= 11 is 3.60. The number of fused-ring (bicyclic) bond motifs is 1. The van der Waals surface area contributed by atoms with Gasteiger partial charge in [0.1, 0.15) is 0 Å². The number of nitrogens with one attached hydrogen (secondary N) is 1. The zero-order valence-corrected chi connectivity index (χ0v) is 11.7. The highest BCUT2D eigenvalue weighted by Crippen LogP contribution is 2.26. The second-order valence-electron chi connectivity index (χ2n) is 4.57. The van der Waals surface area contributed by atoms with Crippen LogP contribution in [0.15, 0.2) is 22.7 Å². The van der Waals surface area contributed by atoms with Gasteiger partial charge in [-0.1, -0.05) is 28.1 Å². The van der Waals surface area contributed by atoms with E-state index in [1.165, 1.54) is 15.6 Å². The maximum Gasteiger partial charge on any atom is 0.0791 e. The van der Waals surface area contributed by atoms with Crippen LogP contribution in [-0.2, 0) is 13.0 Å². The number of benzene rings is 1. The normalized spacial score (nSPS) is 17.8. The van der Waals surface area contributed by atoms with E-state index in [0.29, 0.717) is 6.54 Å². The van der Waals surface area contributed by atoms with Crippen LogP contribution in [0.25, 0.3) is 0 Å². The van der Waals surface area contributed by atoms with Crippen molar-refractivity contribution in [2.75, 3.05) is 26.7 Å². The number of nitrogens with zero attached hydrogens (tertiary/aromatic N) is 1. The lowest BCUT2D eigenvalue weighted by atomic mass is 10.00. The van der Waals surface area contributed by atoms with Crippen molar-refractivity contribution in [2.24, 2.45) is 0 Å². The van der Waals surface area contributed by atoms with Crippen LogP contribution in [0.5, 0.6) is 0 Å². The van der Waals surface area contributed by atoms with E-state index in [-0.39, 0.29) is 6.10 Å². The molecule has 0 saturated carbocycles. The standard InChI is InChI=1S/C13H19BrN2O/c1-15-7-11(17)8-16-6-5-10-3-2-4-13(14)12(10)9-16/h2-4,11,15,17H,5-9H2,1H3. The van der Waals surface area contributed by atoms with Gasteiger partial charge in [-0.05, 0) is 30.7 Å². The Morgan fingerprint density at radius 3 is 3.12 bits per heavy atom. The Labute approximate surface area is 111 Å². The van der Waals surface area contributed by atoms with Gasteiger partial charge >= 0.3 is 0 Å². The minimum Gasteiger partial charge on any atom is -0.390 e. The van der Waals surface area contributed by atoms with Crippen molar-refractivity contribution >= 4 is 15.9 Å².